The molecule has 2 aromatic carbocycles. The molecule has 0 amide bonds. The van der Waals surface area contributed by atoms with Crippen molar-refractivity contribution in [2.75, 3.05) is 7.11 Å². The summed E-state index contributed by atoms with van der Waals surface area (Å²) in [5.41, 5.74) is 0.746. The fraction of sp³-hybridized carbons (Fsp3) is 0.176. The monoisotopic (exact) mass is 332 g/mol. The molecule has 0 unspecified atom stereocenters. The molecule has 0 bridgehead atoms. The van der Waals surface area contributed by atoms with Crippen LogP contribution < -0.4 is 10.3 Å². The number of fused-ring (bicyclic) bond motifs is 1. The zero-order valence-corrected chi connectivity index (χ0v) is 13.4. The van der Waals surface area contributed by atoms with Crippen molar-refractivity contribution in [1.29, 1.82) is 0 Å². The number of methoxy groups -OCH3 is 1. The van der Waals surface area contributed by atoms with Gasteiger partial charge < -0.3 is 4.74 Å². The topological polar surface area (TPSA) is 44.1 Å². The van der Waals surface area contributed by atoms with Crippen LogP contribution in [0.3, 0.4) is 0 Å². The summed E-state index contributed by atoms with van der Waals surface area (Å²) in [6, 6.07) is 9.40. The van der Waals surface area contributed by atoms with E-state index in [0.29, 0.717) is 33.9 Å². The normalized spacial score (nSPS) is 11.0. The minimum Gasteiger partial charge on any atom is -0.494 e. The van der Waals surface area contributed by atoms with Gasteiger partial charge >= 0.3 is 0 Å². The third-order valence-electron chi connectivity index (χ3n) is 3.63. The maximum Gasteiger partial charge on any atom is 0.267 e. The first kappa shape index (κ1) is 15.5. The molecule has 0 radical (unpaired) electrons. The van der Waals surface area contributed by atoms with Crippen molar-refractivity contribution in [3.63, 3.8) is 0 Å². The SMILES string of the molecule is CCc1nc2cccc(Cl)c2c(=O)n1-c1ccc(F)c(OC)c1. The van der Waals surface area contributed by atoms with Gasteiger partial charge in [-0.15, -0.1) is 0 Å². The summed E-state index contributed by atoms with van der Waals surface area (Å²) in [4.78, 5) is 17.4. The molecule has 4 nitrogen and oxygen atoms in total. The summed E-state index contributed by atoms with van der Waals surface area (Å²) in [7, 11) is 1.38. The molecule has 0 saturated heterocycles. The van der Waals surface area contributed by atoms with E-state index in [-0.39, 0.29) is 11.3 Å². The second-order valence-corrected chi connectivity index (χ2v) is 5.38. The molecule has 0 aliphatic rings. The van der Waals surface area contributed by atoms with Gasteiger partial charge in [0.2, 0.25) is 0 Å². The van der Waals surface area contributed by atoms with Crippen LogP contribution in [-0.4, -0.2) is 16.7 Å². The number of rotatable bonds is 3. The van der Waals surface area contributed by atoms with Gasteiger partial charge in [-0.2, -0.15) is 0 Å². The van der Waals surface area contributed by atoms with Crippen molar-refractivity contribution in [2.45, 2.75) is 13.3 Å². The summed E-state index contributed by atoms with van der Waals surface area (Å²) >= 11 is 6.16. The lowest BCUT2D eigenvalue weighted by molar-refractivity contribution is 0.386. The summed E-state index contributed by atoms with van der Waals surface area (Å²) in [5, 5.41) is 0.681. The Labute approximate surface area is 137 Å². The van der Waals surface area contributed by atoms with Crippen molar-refractivity contribution < 1.29 is 9.13 Å². The van der Waals surface area contributed by atoms with E-state index >= 15 is 0 Å². The molecule has 0 N–H and O–H groups in total. The summed E-state index contributed by atoms with van der Waals surface area (Å²) < 4.78 is 20.1. The van der Waals surface area contributed by atoms with Gasteiger partial charge in [-0.3, -0.25) is 9.36 Å². The Morgan fingerprint density at radius 1 is 1.30 bits per heavy atom. The molecule has 1 heterocycles. The zero-order chi connectivity index (χ0) is 16.6. The predicted molar refractivity (Wildman–Crippen MR) is 88.2 cm³/mol. The maximum atomic E-state index is 13.6. The molecule has 6 heteroatoms. The molecule has 118 valence electrons. The average molecular weight is 333 g/mol. The Morgan fingerprint density at radius 2 is 2.09 bits per heavy atom. The van der Waals surface area contributed by atoms with Crippen LogP contribution in [0.5, 0.6) is 5.75 Å². The van der Waals surface area contributed by atoms with Crippen molar-refractivity contribution in [3.8, 4) is 11.4 Å². The van der Waals surface area contributed by atoms with Crippen molar-refractivity contribution >= 4 is 22.5 Å². The third kappa shape index (κ3) is 2.57. The standard InChI is InChI=1S/C17H14ClFN2O2/c1-3-15-20-13-6-4-5-11(18)16(13)17(22)21(15)10-7-8-12(19)14(9-10)23-2/h4-9H,3H2,1-2H3. The molecule has 0 atom stereocenters. The highest BCUT2D eigenvalue weighted by molar-refractivity contribution is 6.35. The van der Waals surface area contributed by atoms with Crippen LogP contribution in [0, 0.1) is 5.82 Å². The van der Waals surface area contributed by atoms with E-state index in [1.807, 2.05) is 6.92 Å². The van der Waals surface area contributed by atoms with Crippen molar-refractivity contribution in [2.24, 2.45) is 0 Å². The van der Waals surface area contributed by atoms with Gasteiger partial charge in [-0.05, 0) is 24.3 Å². The quantitative estimate of drug-likeness (QED) is 0.733. The lowest BCUT2D eigenvalue weighted by Crippen LogP contribution is -2.24. The van der Waals surface area contributed by atoms with E-state index < -0.39 is 5.82 Å². The van der Waals surface area contributed by atoms with Gasteiger partial charge in [0.1, 0.15) is 5.82 Å². The maximum absolute atomic E-state index is 13.6. The van der Waals surface area contributed by atoms with Crippen molar-refractivity contribution in [3.05, 3.63) is 63.4 Å². The number of aromatic nitrogens is 2. The van der Waals surface area contributed by atoms with Crippen LogP contribution in [0.4, 0.5) is 4.39 Å². The van der Waals surface area contributed by atoms with Crippen molar-refractivity contribution in [1.82, 2.24) is 9.55 Å². The summed E-state index contributed by atoms with van der Waals surface area (Å²) in [6.45, 7) is 1.90. The lowest BCUT2D eigenvalue weighted by Gasteiger charge is -2.14. The average Bonchev–Trinajstić information content (AvgIpc) is 2.55. The van der Waals surface area contributed by atoms with E-state index in [1.54, 1.807) is 18.2 Å². The molecule has 0 spiro atoms. The Kier molecular flexibility index (Phi) is 4.05. The van der Waals surface area contributed by atoms with Gasteiger partial charge in [-0.25, -0.2) is 9.37 Å². The van der Waals surface area contributed by atoms with Crippen LogP contribution in [0.2, 0.25) is 5.02 Å². The van der Waals surface area contributed by atoms with Gasteiger partial charge in [0.05, 0.1) is 28.7 Å². The number of nitrogens with zero attached hydrogens (tertiary/aromatic N) is 2. The lowest BCUT2D eigenvalue weighted by atomic mass is 10.2. The van der Waals surface area contributed by atoms with Crippen LogP contribution in [0.1, 0.15) is 12.7 Å². The van der Waals surface area contributed by atoms with Gasteiger partial charge in [0, 0.05) is 12.5 Å². The van der Waals surface area contributed by atoms with Crippen LogP contribution in [0.25, 0.3) is 16.6 Å². The highest BCUT2D eigenvalue weighted by Gasteiger charge is 2.15. The fourth-order valence-electron chi connectivity index (χ4n) is 2.53. The first-order chi connectivity index (χ1) is 11.1. The molecule has 3 aromatic rings. The Balaban J connectivity index is 2.39. The van der Waals surface area contributed by atoms with Gasteiger partial charge in [0.25, 0.3) is 5.56 Å². The smallest absolute Gasteiger partial charge is 0.267 e. The van der Waals surface area contributed by atoms with E-state index in [0.717, 1.165) is 0 Å². The number of hydrogen-bond acceptors (Lipinski definition) is 3. The molecule has 0 fully saturated rings. The predicted octanol–water partition coefficient (Wildman–Crippen LogP) is 3.75. The Morgan fingerprint density at radius 3 is 2.78 bits per heavy atom. The van der Waals surface area contributed by atoms with Gasteiger partial charge in [0.15, 0.2) is 11.6 Å². The molecule has 1 aromatic heterocycles. The second kappa shape index (κ2) is 6.01. The minimum atomic E-state index is -0.492. The number of benzene rings is 2. The second-order valence-electron chi connectivity index (χ2n) is 4.97. The highest BCUT2D eigenvalue weighted by atomic mass is 35.5. The number of hydrogen-bond donors (Lipinski definition) is 0. The Bertz CT molecular complexity index is 953. The molecular formula is C17H14ClFN2O2. The molecule has 3 rings (SSSR count). The minimum absolute atomic E-state index is 0.0655. The zero-order valence-electron chi connectivity index (χ0n) is 12.6. The number of ether oxygens (including phenoxy) is 1. The third-order valence-corrected chi connectivity index (χ3v) is 3.94. The van der Waals surface area contributed by atoms with Crippen LogP contribution in [0.15, 0.2) is 41.2 Å². The van der Waals surface area contributed by atoms with E-state index in [1.165, 1.54) is 29.9 Å². The van der Waals surface area contributed by atoms with E-state index in [4.69, 9.17) is 16.3 Å². The molecule has 0 aliphatic heterocycles. The van der Waals surface area contributed by atoms with E-state index in [2.05, 4.69) is 4.98 Å². The number of halogens is 2. The van der Waals surface area contributed by atoms with Gasteiger partial charge in [-0.1, -0.05) is 24.6 Å². The fourth-order valence-corrected chi connectivity index (χ4v) is 2.78. The highest BCUT2D eigenvalue weighted by Crippen LogP contribution is 2.23. The molecule has 0 aliphatic carbocycles. The summed E-state index contributed by atoms with van der Waals surface area (Å²) in [5.74, 6) is 0.142. The molecule has 23 heavy (non-hydrogen) atoms. The van der Waals surface area contributed by atoms with Crippen LogP contribution in [-0.2, 0) is 6.42 Å². The van der Waals surface area contributed by atoms with E-state index in [9.17, 15) is 9.18 Å². The first-order valence-corrected chi connectivity index (χ1v) is 7.48. The Hall–Kier alpha value is -2.40. The van der Waals surface area contributed by atoms with Crippen LogP contribution >= 0.6 is 11.6 Å². The summed E-state index contributed by atoms with van der Waals surface area (Å²) in [6.07, 6.45) is 0.539. The number of aryl methyl sites for hydroxylation is 1. The molecular weight excluding hydrogens is 319 g/mol. The largest absolute Gasteiger partial charge is 0.494 e. The molecule has 0 saturated carbocycles. The first-order valence-electron chi connectivity index (χ1n) is 7.11.